The summed E-state index contributed by atoms with van der Waals surface area (Å²) in [6, 6.07) is 8.03. The van der Waals surface area contributed by atoms with Crippen LogP contribution in [0.3, 0.4) is 0 Å². The fourth-order valence-corrected chi connectivity index (χ4v) is 1.69. The van der Waals surface area contributed by atoms with Gasteiger partial charge >= 0.3 is 0 Å². The zero-order valence-electron chi connectivity index (χ0n) is 10.0. The molecular weight excluding hydrogens is 184 g/mol. The number of anilines is 2. The molecule has 0 unspecified atom stereocenters. The molecule has 0 bridgehead atoms. The normalized spacial score (nSPS) is 10.7. The van der Waals surface area contributed by atoms with Crippen LogP contribution in [0.25, 0.3) is 0 Å². The molecule has 1 rings (SSSR count). The van der Waals surface area contributed by atoms with Crippen LogP contribution in [0.2, 0.25) is 0 Å². The van der Waals surface area contributed by atoms with Gasteiger partial charge in [-0.3, -0.25) is 0 Å². The van der Waals surface area contributed by atoms with Gasteiger partial charge in [0.05, 0.1) is 11.4 Å². The number of benzene rings is 1. The molecule has 2 N–H and O–H groups in total. The number of hydrogen-bond donors (Lipinski definition) is 1. The minimum atomic E-state index is 0.784. The molecule has 0 saturated heterocycles. The summed E-state index contributed by atoms with van der Waals surface area (Å²) in [5, 5.41) is 0. The van der Waals surface area contributed by atoms with Gasteiger partial charge in [-0.25, -0.2) is 0 Å². The largest absolute Gasteiger partial charge is 0.397 e. The molecule has 0 aliphatic carbocycles. The van der Waals surface area contributed by atoms with Crippen LogP contribution < -0.4 is 10.6 Å². The van der Waals surface area contributed by atoms with E-state index in [-0.39, 0.29) is 0 Å². The van der Waals surface area contributed by atoms with Gasteiger partial charge in [-0.15, -0.1) is 0 Å². The molecule has 2 heteroatoms. The molecular formula is C13H22N2. The van der Waals surface area contributed by atoms with E-state index in [2.05, 4.69) is 31.9 Å². The molecule has 15 heavy (non-hydrogen) atoms. The lowest BCUT2D eigenvalue weighted by molar-refractivity contribution is 0.556. The molecule has 0 heterocycles. The first-order chi connectivity index (χ1) is 7.11. The lowest BCUT2D eigenvalue weighted by Gasteiger charge is -2.21. The van der Waals surface area contributed by atoms with Crippen molar-refractivity contribution in [1.82, 2.24) is 0 Å². The summed E-state index contributed by atoms with van der Waals surface area (Å²) >= 11 is 0. The van der Waals surface area contributed by atoms with Gasteiger partial charge in [0, 0.05) is 13.6 Å². The van der Waals surface area contributed by atoms with Crippen LogP contribution in [0.15, 0.2) is 24.3 Å². The first kappa shape index (κ1) is 11.9. The Morgan fingerprint density at radius 2 is 1.93 bits per heavy atom. The summed E-state index contributed by atoms with van der Waals surface area (Å²) in [7, 11) is 2.10. The summed E-state index contributed by atoms with van der Waals surface area (Å²) in [5.41, 5.74) is 7.92. The molecule has 0 amide bonds. The summed E-state index contributed by atoms with van der Waals surface area (Å²) in [5.74, 6) is 0.784. The number of nitrogens with two attached hydrogens (primary N) is 1. The Bertz CT molecular complexity index is 294. The molecule has 0 atom stereocenters. The fraction of sp³-hybridized carbons (Fsp3) is 0.538. The van der Waals surface area contributed by atoms with E-state index in [1.165, 1.54) is 12.8 Å². The second kappa shape index (κ2) is 5.64. The third kappa shape index (κ3) is 3.82. The maximum atomic E-state index is 5.91. The average molecular weight is 206 g/mol. The smallest absolute Gasteiger partial charge is 0.0597 e. The summed E-state index contributed by atoms with van der Waals surface area (Å²) in [6.45, 7) is 5.60. The maximum absolute atomic E-state index is 5.91. The van der Waals surface area contributed by atoms with Crippen LogP contribution in [0.1, 0.15) is 26.7 Å². The van der Waals surface area contributed by atoms with E-state index in [0.29, 0.717) is 0 Å². The predicted octanol–water partition coefficient (Wildman–Crippen LogP) is 3.14. The molecule has 1 aromatic rings. The zero-order valence-corrected chi connectivity index (χ0v) is 10.0. The van der Waals surface area contributed by atoms with Crippen molar-refractivity contribution in [2.75, 3.05) is 24.2 Å². The molecule has 0 aromatic heterocycles. The number of para-hydroxylation sites is 2. The maximum Gasteiger partial charge on any atom is 0.0597 e. The molecule has 0 saturated carbocycles. The van der Waals surface area contributed by atoms with Gasteiger partial charge in [0.1, 0.15) is 0 Å². The van der Waals surface area contributed by atoms with Crippen LogP contribution in [-0.4, -0.2) is 13.6 Å². The summed E-state index contributed by atoms with van der Waals surface area (Å²) < 4.78 is 0. The van der Waals surface area contributed by atoms with Crippen molar-refractivity contribution in [3.05, 3.63) is 24.3 Å². The van der Waals surface area contributed by atoms with E-state index in [0.717, 1.165) is 23.8 Å². The van der Waals surface area contributed by atoms with E-state index in [1.807, 2.05) is 18.2 Å². The molecule has 0 aliphatic rings. The number of nitrogen functional groups attached to an aromatic ring is 1. The van der Waals surface area contributed by atoms with Crippen LogP contribution in [0, 0.1) is 5.92 Å². The minimum Gasteiger partial charge on any atom is -0.397 e. The lowest BCUT2D eigenvalue weighted by Crippen LogP contribution is -2.19. The van der Waals surface area contributed by atoms with Crippen molar-refractivity contribution < 1.29 is 0 Å². The molecule has 1 aromatic carbocycles. The van der Waals surface area contributed by atoms with Crippen LogP contribution in [-0.2, 0) is 0 Å². The van der Waals surface area contributed by atoms with Crippen molar-refractivity contribution >= 4 is 11.4 Å². The van der Waals surface area contributed by atoms with Gasteiger partial charge in [0.25, 0.3) is 0 Å². The predicted molar refractivity (Wildman–Crippen MR) is 68.2 cm³/mol. The van der Waals surface area contributed by atoms with Crippen molar-refractivity contribution in [3.8, 4) is 0 Å². The van der Waals surface area contributed by atoms with Crippen LogP contribution in [0.5, 0.6) is 0 Å². The molecule has 0 spiro atoms. The van der Waals surface area contributed by atoms with Gasteiger partial charge in [-0.1, -0.05) is 26.0 Å². The summed E-state index contributed by atoms with van der Waals surface area (Å²) in [4.78, 5) is 2.23. The van der Waals surface area contributed by atoms with Crippen LogP contribution in [0.4, 0.5) is 11.4 Å². The molecule has 0 aliphatic heterocycles. The Morgan fingerprint density at radius 1 is 1.27 bits per heavy atom. The Balaban J connectivity index is 2.47. The average Bonchev–Trinajstić information content (AvgIpc) is 2.17. The van der Waals surface area contributed by atoms with E-state index < -0.39 is 0 Å². The third-order valence-electron chi connectivity index (χ3n) is 2.62. The highest BCUT2D eigenvalue weighted by molar-refractivity contribution is 5.66. The fourth-order valence-electron chi connectivity index (χ4n) is 1.69. The van der Waals surface area contributed by atoms with Crippen molar-refractivity contribution in [3.63, 3.8) is 0 Å². The first-order valence-corrected chi connectivity index (χ1v) is 5.67. The highest BCUT2D eigenvalue weighted by atomic mass is 15.1. The minimum absolute atomic E-state index is 0.784. The number of hydrogen-bond acceptors (Lipinski definition) is 2. The van der Waals surface area contributed by atoms with Crippen molar-refractivity contribution in [2.45, 2.75) is 26.7 Å². The topological polar surface area (TPSA) is 29.3 Å². The Morgan fingerprint density at radius 3 is 2.53 bits per heavy atom. The second-order valence-corrected chi connectivity index (χ2v) is 4.52. The Hall–Kier alpha value is -1.18. The van der Waals surface area contributed by atoms with Gasteiger partial charge < -0.3 is 10.6 Å². The Labute approximate surface area is 93.1 Å². The van der Waals surface area contributed by atoms with Gasteiger partial charge in [0.2, 0.25) is 0 Å². The van der Waals surface area contributed by atoms with E-state index in [9.17, 15) is 0 Å². The first-order valence-electron chi connectivity index (χ1n) is 5.67. The Kier molecular flexibility index (Phi) is 4.47. The third-order valence-corrected chi connectivity index (χ3v) is 2.62. The van der Waals surface area contributed by atoms with Crippen molar-refractivity contribution in [1.29, 1.82) is 0 Å². The van der Waals surface area contributed by atoms with E-state index >= 15 is 0 Å². The monoisotopic (exact) mass is 206 g/mol. The van der Waals surface area contributed by atoms with Gasteiger partial charge in [0.15, 0.2) is 0 Å². The second-order valence-electron chi connectivity index (χ2n) is 4.52. The SMILES string of the molecule is CC(C)CCCN(C)c1ccccc1N. The molecule has 84 valence electrons. The quantitative estimate of drug-likeness (QED) is 0.750. The van der Waals surface area contributed by atoms with Gasteiger partial charge in [-0.05, 0) is 30.9 Å². The van der Waals surface area contributed by atoms with Crippen LogP contribution >= 0.6 is 0 Å². The van der Waals surface area contributed by atoms with Crippen molar-refractivity contribution in [2.24, 2.45) is 5.92 Å². The van der Waals surface area contributed by atoms with Gasteiger partial charge in [-0.2, -0.15) is 0 Å². The number of rotatable bonds is 5. The lowest BCUT2D eigenvalue weighted by atomic mass is 10.1. The highest BCUT2D eigenvalue weighted by Crippen LogP contribution is 2.21. The van der Waals surface area contributed by atoms with E-state index in [1.54, 1.807) is 0 Å². The molecule has 0 radical (unpaired) electrons. The van der Waals surface area contributed by atoms with E-state index in [4.69, 9.17) is 5.73 Å². The molecule has 0 fully saturated rings. The summed E-state index contributed by atoms with van der Waals surface area (Å²) in [6.07, 6.45) is 2.50. The number of nitrogens with zero attached hydrogens (tertiary/aromatic N) is 1. The highest BCUT2D eigenvalue weighted by Gasteiger charge is 2.04. The molecule has 2 nitrogen and oxygen atoms in total. The standard InChI is InChI=1S/C13H22N2/c1-11(2)7-6-10-15(3)13-9-5-4-8-12(13)14/h4-5,8-9,11H,6-7,10,14H2,1-3H3. The zero-order chi connectivity index (χ0) is 11.3.